The summed E-state index contributed by atoms with van der Waals surface area (Å²) >= 11 is 6.37. The molecule has 0 unspecified atom stereocenters. The number of sulfonamides is 1. The van der Waals surface area contributed by atoms with Crippen molar-refractivity contribution in [1.82, 2.24) is 10.2 Å². The number of hydrogen-bond donors (Lipinski definition) is 1. The minimum Gasteiger partial charge on any atom is -0.352 e. The van der Waals surface area contributed by atoms with Crippen LogP contribution in [0.4, 0.5) is 5.69 Å². The third-order valence-electron chi connectivity index (χ3n) is 7.62. The van der Waals surface area contributed by atoms with Crippen LogP contribution in [0, 0.1) is 6.92 Å². The van der Waals surface area contributed by atoms with Crippen molar-refractivity contribution >= 4 is 39.1 Å². The molecule has 41 heavy (non-hydrogen) atoms. The maximum Gasteiger partial charge on any atom is 0.244 e. The summed E-state index contributed by atoms with van der Waals surface area (Å²) in [5, 5.41) is 3.43. The van der Waals surface area contributed by atoms with Crippen molar-refractivity contribution in [1.29, 1.82) is 0 Å². The standard InChI is InChI=1S/C32H38ClN3O4S/c1-24-13-9-10-16-26(24)22-35(31(37)23-36(41(2,39)40)29-20-12-11-19-28(29)33)30(21-25-14-5-3-6-15-25)32(38)34-27-17-7-4-8-18-27/h3,5-6,9-16,19-20,27,30H,4,7-8,17-18,21-23H2,1-2H3,(H,34,38)/t30-/m0/s1. The lowest BCUT2D eigenvalue weighted by Gasteiger charge is -2.35. The third-order valence-corrected chi connectivity index (χ3v) is 9.07. The van der Waals surface area contributed by atoms with Crippen molar-refractivity contribution in [3.63, 3.8) is 0 Å². The number of rotatable bonds is 11. The van der Waals surface area contributed by atoms with Gasteiger partial charge in [-0.3, -0.25) is 13.9 Å². The molecule has 0 heterocycles. The Morgan fingerprint density at radius 2 is 1.56 bits per heavy atom. The summed E-state index contributed by atoms with van der Waals surface area (Å²) in [5.74, 6) is -0.718. The maximum absolute atomic E-state index is 14.2. The van der Waals surface area contributed by atoms with E-state index in [-0.39, 0.29) is 29.2 Å². The van der Waals surface area contributed by atoms with E-state index in [1.165, 1.54) is 4.90 Å². The van der Waals surface area contributed by atoms with Gasteiger partial charge in [0, 0.05) is 19.0 Å². The summed E-state index contributed by atoms with van der Waals surface area (Å²) in [7, 11) is -3.88. The minimum absolute atomic E-state index is 0.0561. The van der Waals surface area contributed by atoms with Crippen molar-refractivity contribution < 1.29 is 18.0 Å². The first-order valence-electron chi connectivity index (χ1n) is 14.0. The molecule has 0 bridgehead atoms. The Bertz CT molecular complexity index is 1440. The van der Waals surface area contributed by atoms with Crippen LogP contribution in [0.3, 0.4) is 0 Å². The molecule has 4 rings (SSSR count). The van der Waals surface area contributed by atoms with E-state index in [1.807, 2.05) is 61.5 Å². The monoisotopic (exact) mass is 595 g/mol. The van der Waals surface area contributed by atoms with E-state index in [2.05, 4.69) is 5.32 Å². The number of benzene rings is 3. The Balaban J connectivity index is 1.74. The zero-order chi connectivity index (χ0) is 29.4. The van der Waals surface area contributed by atoms with Gasteiger partial charge in [0.15, 0.2) is 0 Å². The summed E-state index contributed by atoms with van der Waals surface area (Å²) < 4.78 is 26.9. The summed E-state index contributed by atoms with van der Waals surface area (Å²) in [4.78, 5) is 29.7. The molecule has 1 saturated carbocycles. The van der Waals surface area contributed by atoms with Gasteiger partial charge in [-0.25, -0.2) is 8.42 Å². The van der Waals surface area contributed by atoms with Gasteiger partial charge in [-0.2, -0.15) is 0 Å². The Kier molecular flexibility index (Phi) is 10.5. The smallest absolute Gasteiger partial charge is 0.244 e. The number of carbonyl (C=O) groups is 2. The number of anilines is 1. The lowest BCUT2D eigenvalue weighted by atomic mass is 9.94. The van der Waals surface area contributed by atoms with E-state index in [1.54, 1.807) is 24.3 Å². The van der Waals surface area contributed by atoms with Gasteiger partial charge in [0.2, 0.25) is 21.8 Å². The average Bonchev–Trinajstić information content (AvgIpc) is 2.95. The van der Waals surface area contributed by atoms with Crippen molar-refractivity contribution in [2.24, 2.45) is 0 Å². The summed E-state index contributed by atoms with van der Waals surface area (Å²) in [6.07, 6.45) is 6.42. The second kappa shape index (κ2) is 14.0. The Morgan fingerprint density at radius 1 is 0.927 bits per heavy atom. The number of halogens is 1. The van der Waals surface area contributed by atoms with Crippen molar-refractivity contribution in [3.05, 3.63) is 101 Å². The van der Waals surface area contributed by atoms with Crippen LogP contribution in [0.15, 0.2) is 78.9 Å². The molecule has 7 nitrogen and oxygen atoms in total. The zero-order valence-electron chi connectivity index (χ0n) is 23.6. The molecular formula is C32H38ClN3O4S. The van der Waals surface area contributed by atoms with E-state index in [0.717, 1.165) is 59.4 Å². The number of nitrogens with zero attached hydrogens (tertiary/aromatic N) is 2. The summed E-state index contributed by atoms with van der Waals surface area (Å²) in [6.45, 7) is 1.62. The van der Waals surface area contributed by atoms with Gasteiger partial charge in [0.25, 0.3) is 0 Å². The van der Waals surface area contributed by atoms with E-state index in [4.69, 9.17) is 11.6 Å². The molecule has 1 aliphatic carbocycles. The number of carbonyl (C=O) groups excluding carboxylic acids is 2. The summed E-state index contributed by atoms with van der Waals surface area (Å²) in [5.41, 5.74) is 2.98. The molecule has 3 aromatic rings. The van der Waals surface area contributed by atoms with Crippen LogP contribution in [-0.4, -0.2) is 50.0 Å². The highest BCUT2D eigenvalue weighted by Gasteiger charge is 2.34. The molecule has 0 radical (unpaired) electrons. The molecule has 0 spiro atoms. The molecule has 0 aliphatic heterocycles. The molecular weight excluding hydrogens is 558 g/mol. The third kappa shape index (κ3) is 8.33. The van der Waals surface area contributed by atoms with Crippen molar-refractivity contribution in [2.75, 3.05) is 17.1 Å². The van der Waals surface area contributed by atoms with Crippen LogP contribution in [-0.2, 0) is 32.6 Å². The van der Waals surface area contributed by atoms with Crippen LogP contribution in [0.5, 0.6) is 0 Å². The topological polar surface area (TPSA) is 86.8 Å². The molecule has 0 aromatic heterocycles. The molecule has 1 N–H and O–H groups in total. The van der Waals surface area contributed by atoms with E-state index in [9.17, 15) is 18.0 Å². The number of nitrogens with one attached hydrogen (secondary N) is 1. The van der Waals surface area contributed by atoms with Crippen LogP contribution in [0.25, 0.3) is 0 Å². The second-order valence-electron chi connectivity index (χ2n) is 10.7. The lowest BCUT2D eigenvalue weighted by molar-refractivity contribution is -0.140. The number of hydrogen-bond acceptors (Lipinski definition) is 4. The van der Waals surface area contributed by atoms with Crippen LogP contribution < -0.4 is 9.62 Å². The largest absolute Gasteiger partial charge is 0.352 e. The van der Waals surface area contributed by atoms with Gasteiger partial charge >= 0.3 is 0 Å². The molecule has 9 heteroatoms. The normalized spacial score (nSPS) is 14.7. The van der Waals surface area contributed by atoms with E-state index >= 15 is 0 Å². The molecule has 1 fully saturated rings. The molecule has 1 atom stereocenters. The molecule has 3 aromatic carbocycles. The van der Waals surface area contributed by atoms with E-state index < -0.39 is 28.5 Å². The highest BCUT2D eigenvalue weighted by Crippen LogP contribution is 2.28. The predicted octanol–water partition coefficient (Wildman–Crippen LogP) is 5.50. The first-order chi connectivity index (χ1) is 19.6. The first kappa shape index (κ1) is 30.6. The highest BCUT2D eigenvalue weighted by atomic mass is 35.5. The van der Waals surface area contributed by atoms with Gasteiger partial charge in [-0.05, 0) is 48.6 Å². The Hall–Kier alpha value is -3.36. The molecule has 0 saturated heterocycles. The first-order valence-corrected chi connectivity index (χ1v) is 16.3. The number of para-hydroxylation sites is 1. The predicted molar refractivity (Wildman–Crippen MR) is 164 cm³/mol. The van der Waals surface area contributed by atoms with Crippen LogP contribution >= 0.6 is 11.6 Å². The zero-order valence-corrected chi connectivity index (χ0v) is 25.2. The fraction of sp³-hybridized carbons (Fsp3) is 0.375. The number of aryl methyl sites for hydroxylation is 1. The van der Waals surface area contributed by atoms with Gasteiger partial charge in [-0.1, -0.05) is 97.6 Å². The SMILES string of the molecule is Cc1ccccc1CN(C(=O)CN(c1ccccc1Cl)S(C)(=O)=O)[C@@H](Cc1ccccc1)C(=O)NC1CCCCC1. The Labute approximate surface area is 248 Å². The fourth-order valence-electron chi connectivity index (χ4n) is 5.32. The highest BCUT2D eigenvalue weighted by molar-refractivity contribution is 7.92. The minimum atomic E-state index is -3.88. The van der Waals surface area contributed by atoms with Gasteiger partial charge in [0.05, 0.1) is 17.0 Å². The van der Waals surface area contributed by atoms with Crippen LogP contribution in [0.2, 0.25) is 5.02 Å². The van der Waals surface area contributed by atoms with Crippen molar-refractivity contribution in [2.45, 2.75) is 64.1 Å². The Morgan fingerprint density at radius 3 is 2.22 bits per heavy atom. The maximum atomic E-state index is 14.2. The van der Waals surface area contributed by atoms with Gasteiger partial charge < -0.3 is 10.2 Å². The second-order valence-corrected chi connectivity index (χ2v) is 13.0. The van der Waals surface area contributed by atoms with E-state index in [0.29, 0.717) is 6.42 Å². The van der Waals surface area contributed by atoms with Crippen LogP contribution in [0.1, 0.15) is 48.8 Å². The quantitative estimate of drug-likeness (QED) is 0.317. The lowest BCUT2D eigenvalue weighted by Crippen LogP contribution is -2.55. The van der Waals surface area contributed by atoms with Gasteiger partial charge in [0.1, 0.15) is 12.6 Å². The molecule has 1 aliphatic rings. The average molecular weight is 596 g/mol. The van der Waals surface area contributed by atoms with Crippen molar-refractivity contribution in [3.8, 4) is 0 Å². The molecule has 2 amide bonds. The van der Waals surface area contributed by atoms with Gasteiger partial charge in [-0.15, -0.1) is 0 Å². The number of amides is 2. The molecule has 218 valence electrons. The summed E-state index contributed by atoms with van der Waals surface area (Å²) in [6, 6.07) is 23.0. The fourth-order valence-corrected chi connectivity index (χ4v) is 6.47.